The molecule has 0 aromatic heterocycles. The number of hydrogen-bond donors (Lipinski definition) is 0. The van der Waals surface area contributed by atoms with E-state index in [-0.39, 0.29) is 35.8 Å². The number of benzene rings is 1. The second kappa shape index (κ2) is 10.2. The fourth-order valence-corrected chi connectivity index (χ4v) is 6.69. The summed E-state index contributed by atoms with van der Waals surface area (Å²) >= 11 is 0. The van der Waals surface area contributed by atoms with Crippen molar-refractivity contribution in [3.63, 3.8) is 0 Å². The molecule has 9 heteroatoms. The summed E-state index contributed by atoms with van der Waals surface area (Å²) in [5.41, 5.74) is -0.493. The van der Waals surface area contributed by atoms with Crippen molar-refractivity contribution in [1.29, 1.82) is 0 Å². The van der Waals surface area contributed by atoms with Gasteiger partial charge in [-0.25, -0.2) is 4.79 Å². The molecule has 3 heterocycles. The number of piperidine rings is 1. The number of amides is 2. The van der Waals surface area contributed by atoms with Crippen LogP contribution in [-0.4, -0.2) is 66.2 Å². The molecule has 2 amide bonds. The maximum atomic E-state index is 13.8. The van der Waals surface area contributed by atoms with Gasteiger partial charge in [0.25, 0.3) is 0 Å². The van der Waals surface area contributed by atoms with E-state index < -0.39 is 17.2 Å². The molecule has 200 valence electrons. The van der Waals surface area contributed by atoms with E-state index in [9.17, 15) is 22.8 Å². The Morgan fingerprint density at radius 1 is 1.17 bits per heavy atom. The zero-order chi connectivity index (χ0) is 26.3. The molecule has 36 heavy (non-hydrogen) atoms. The standard InChI is InChI=1S/C27H38F3N3O3/c1-5-20(16-21-11-10-18(3)33(21)25(35)36-6-2)31-14-12-26(13-15-31)17-32(19(4)34)24-22(26)8-7-9-23(24)27(28,29)30/h7-9,18,20-21H,5-6,10-17H2,1-4H3. The van der Waals surface area contributed by atoms with Crippen LogP contribution in [0, 0.1) is 0 Å². The first-order chi connectivity index (χ1) is 17.0. The molecule has 0 radical (unpaired) electrons. The van der Waals surface area contributed by atoms with Gasteiger partial charge >= 0.3 is 12.3 Å². The number of carbonyl (C=O) groups is 2. The van der Waals surface area contributed by atoms with E-state index in [1.807, 2.05) is 11.8 Å². The van der Waals surface area contributed by atoms with Crippen LogP contribution in [0.2, 0.25) is 0 Å². The third-order valence-electron chi connectivity index (χ3n) is 8.58. The van der Waals surface area contributed by atoms with Crippen molar-refractivity contribution in [3.8, 4) is 0 Å². The van der Waals surface area contributed by atoms with Crippen molar-refractivity contribution in [1.82, 2.24) is 9.80 Å². The lowest BCUT2D eigenvalue weighted by Crippen LogP contribution is -2.51. The molecule has 0 aliphatic carbocycles. The minimum Gasteiger partial charge on any atom is -0.450 e. The molecular formula is C27H38F3N3O3. The number of hydrogen-bond acceptors (Lipinski definition) is 4. The third kappa shape index (κ3) is 4.83. The lowest BCUT2D eigenvalue weighted by atomic mass is 9.73. The van der Waals surface area contributed by atoms with Gasteiger partial charge in [0.05, 0.1) is 17.9 Å². The van der Waals surface area contributed by atoms with Crippen LogP contribution in [0.3, 0.4) is 0 Å². The molecule has 1 aromatic rings. The topological polar surface area (TPSA) is 53.1 Å². The predicted octanol–water partition coefficient (Wildman–Crippen LogP) is 5.58. The molecule has 0 bridgehead atoms. The minimum atomic E-state index is -4.51. The Kier molecular flexibility index (Phi) is 7.60. The second-order valence-corrected chi connectivity index (χ2v) is 10.6. The number of likely N-dealkylation sites (tertiary alicyclic amines) is 2. The number of nitrogens with zero attached hydrogens (tertiary/aromatic N) is 3. The maximum absolute atomic E-state index is 13.8. The van der Waals surface area contributed by atoms with E-state index in [0.29, 0.717) is 31.6 Å². The van der Waals surface area contributed by atoms with Crippen LogP contribution in [0.4, 0.5) is 23.7 Å². The number of anilines is 1. The molecule has 6 nitrogen and oxygen atoms in total. The predicted molar refractivity (Wildman–Crippen MR) is 132 cm³/mol. The zero-order valence-electron chi connectivity index (χ0n) is 21.7. The Labute approximate surface area is 211 Å². The molecule has 3 aliphatic heterocycles. The van der Waals surface area contributed by atoms with Crippen LogP contribution in [-0.2, 0) is 21.1 Å². The zero-order valence-corrected chi connectivity index (χ0v) is 21.7. The summed E-state index contributed by atoms with van der Waals surface area (Å²) in [6.07, 6.45) is 0.352. The summed E-state index contributed by atoms with van der Waals surface area (Å²) in [5, 5.41) is 0. The van der Waals surface area contributed by atoms with E-state index in [0.717, 1.165) is 44.8 Å². The van der Waals surface area contributed by atoms with Gasteiger partial charge in [-0.05, 0) is 77.1 Å². The summed E-state index contributed by atoms with van der Waals surface area (Å²) in [5.74, 6) is -0.354. The highest BCUT2D eigenvalue weighted by atomic mass is 19.4. The second-order valence-electron chi connectivity index (χ2n) is 10.6. The largest absolute Gasteiger partial charge is 0.450 e. The van der Waals surface area contributed by atoms with Crippen LogP contribution in [0.1, 0.15) is 77.3 Å². The monoisotopic (exact) mass is 509 g/mol. The van der Waals surface area contributed by atoms with Crippen LogP contribution in [0.15, 0.2) is 18.2 Å². The highest BCUT2D eigenvalue weighted by Gasteiger charge is 2.50. The first-order valence-corrected chi connectivity index (χ1v) is 13.2. The van der Waals surface area contributed by atoms with Gasteiger partial charge < -0.3 is 19.4 Å². The van der Waals surface area contributed by atoms with E-state index in [1.165, 1.54) is 17.9 Å². The molecule has 0 N–H and O–H groups in total. The van der Waals surface area contributed by atoms with Gasteiger partial charge in [0, 0.05) is 37.0 Å². The summed E-state index contributed by atoms with van der Waals surface area (Å²) in [4.78, 5) is 30.6. The third-order valence-corrected chi connectivity index (χ3v) is 8.58. The Morgan fingerprint density at radius 2 is 1.86 bits per heavy atom. The van der Waals surface area contributed by atoms with Gasteiger partial charge in [-0.1, -0.05) is 19.1 Å². The first-order valence-electron chi connectivity index (χ1n) is 13.2. The SMILES string of the molecule is CCOC(=O)N1C(C)CCC1CC(CC)N1CCC2(CC1)CN(C(C)=O)c1c(C(F)(F)F)cccc12. The minimum absolute atomic E-state index is 0.0445. The normalized spacial score (nSPS) is 24.8. The molecule has 4 rings (SSSR count). The molecule has 3 aliphatic rings. The van der Waals surface area contributed by atoms with Crippen molar-refractivity contribution in [2.75, 3.05) is 31.1 Å². The van der Waals surface area contributed by atoms with Gasteiger partial charge in [-0.15, -0.1) is 0 Å². The van der Waals surface area contributed by atoms with Gasteiger partial charge in [0.2, 0.25) is 5.91 Å². The Morgan fingerprint density at radius 3 is 2.44 bits per heavy atom. The fourth-order valence-electron chi connectivity index (χ4n) is 6.69. The van der Waals surface area contributed by atoms with Crippen LogP contribution < -0.4 is 4.90 Å². The van der Waals surface area contributed by atoms with Gasteiger partial charge in [0.15, 0.2) is 0 Å². The number of alkyl halides is 3. The van der Waals surface area contributed by atoms with Gasteiger partial charge in [-0.2, -0.15) is 13.2 Å². The van der Waals surface area contributed by atoms with E-state index >= 15 is 0 Å². The number of carbonyl (C=O) groups excluding carboxylic acids is 2. The average Bonchev–Trinajstić information content (AvgIpc) is 3.35. The average molecular weight is 510 g/mol. The summed E-state index contributed by atoms with van der Waals surface area (Å²) in [7, 11) is 0. The number of ether oxygens (including phenoxy) is 1. The summed E-state index contributed by atoms with van der Waals surface area (Å²) in [6.45, 7) is 9.54. The molecule has 1 aromatic carbocycles. The summed E-state index contributed by atoms with van der Waals surface area (Å²) in [6, 6.07) is 4.90. The number of halogens is 3. The van der Waals surface area contributed by atoms with Crippen molar-refractivity contribution < 1.29 is 27.5 Å². The van der Waals surface area contributed by atoms with Crippen LogP contribution in [0.5, 0.6) is 0 Å². The fraction of sp³-hybridized carbons (Fsp3) is 0.704. The molecule has 0 saturated carbocycles. The maximum Gasteiger partial charge on any atom is 0.418 e. The lowest BCUT2D eigenvalue weighted by Gasteiger charge is -2.44. The Bertz CT molecular complexity index is 975. The van der Waals surface area contributed by atoms with Crippen molar-refractivity contribution in [3.05, 3.63) is 29.3 Å². The molecular weight excluding hydrogens is 471 g/mol. The van der Waals surface area contributed by atoms with Crippen LogP contribution >= 0.6 is 0 Å². The van der Waals surface area contributed by atoms with E-state index in [4.69, 9.17) is 4.74 Å². The summed E-state index contributed by atoms with van der Waals surface area (Å²) < 4.78 is 46.8. The Balaban J connectivity index is 1.51. The van der Waals surface area contributed by atoms with Gasteiger partial charge in [0.1, 0.15) is 0 Å². The molecule has 3 unspecified atom stereocenters. The van der Waals surface area contributed by atoms with E-state index in [2.05, 4.69) is 18.7 Å². The molecule has 3 atom stereocenters. The number of fused-ring (bicyclic) bond motifs is 2. The first kappa shape index (κ1) is 26.8. The Hall–Kier alpha value is -2.29. The molecule has 2 fully saturated rings. The quantitative estimate of drug-likeness (QED) is 0.520. The smallest absolute Gasteiger partial charge is 0.418 e. The highest BCUT2D eigenvalue weighted by Crippen LogP contribution is 2.51. The van der Waals surface area contributed by atoms with E-state index in [1.54, 1.807) is 6.07 Å². The lowest BCUT2D eigenvalue weighted by molar-refractivity contribution is -0.137. The molecule has 2 saturated heterocycles. The van der Waals surface area contributed by atoms with Crippen molar-refractivity contribution >= 4 is 17.7 Å². The number of rotatable bonds is 5. The van der Waals surface area contributed by atoms with Crippen molar-refractivity contribution in [2.24, 2.45) is 0 Å². The van der Waals surface area contributed by atoms with Crippen molar-refractivity contribution in [2.45, 2.75) is 95.9 Å². The number of para-hydroxylation sites is 1. The highest BCUT2D eigenvalue weighted by molar-refractivity contribution is 5.96. The van der Waals surface area contributed by atoms with Gasteiger partial charge in [-0.3, -0.25) is 4.79 Å². The molecule has 1 spiro atoms. The van der Waals surface area contributed by atoms with Crippen LogP contribution in [0.25, 0.3) is 0 Å².